The first-order valence-corrected chi connectivity index (χ1v) is 11.9. The monoisotopic (exact) mass is 483 g/mol. The van der Waals surface area contributed by atoms with E-state index in [-0.39, 0.29) is 6.61 Å². The van der Waals surface area contributed by atoms with Crippen molar-refractivity contribution in [2.24, 2.45) is 5.11 Å². The molecule has 0 N–H and O–H groups in total. The van der Waals surface area contributed by atoms with Crippen LogP contribution in [0.1, 0.15) is 16.7 Å². The van der Waals surface area contributed by atoms with E-state index in [9.17, 15) is 5.53 Å². The minimum absolute atomic E-state index is 0.237. The summed E-state index contributed by atoms with van der Waals surface area (Å²) in [6.45, 7) is 1.30. The molecule has 184 valence electrons. The number of rotatable bonds is 11. The lowest BCUT2D eigenvalue weighted by Crippen LogP contribution is -2.59. The van der Waals surface area contributed by atoms with Gasteiger partial charge >= 0.3 is 0 Å². The minimum Gasteiger partial charge on any atom is -0.374 e. The van der Waals surface area contributed by atoms with Crippen molar-refractivity contribution < 1.29 is 18.9 Å². The molecule has 7 heteroatoms. The maximum absolute atomic E-state index is 9.28. The van der Waals surface area contributed by atoms with Crippen molar-refractivity contribution in [1.29, 1.82) is 0 Å². The van der Waals surface area contributed by atoms with Crippen LogP contribution in [0.4, 0.5) is 0 Å². The van der Waals surface area contributed by atoms with E-state index in [0.717, 1.165) is 16.7 Å². The maximum atomic E-state index is 9.28. The highest BCUT2D eigenvalue weighted by molar-refractivity contribution is 5.16. The zero-order valence-electron chi connectivity index (χ0n) is 19.9. The molecule has 36 heavy (non-hydrogen) atoms. The molecule has 3 aromatic rings. The third-order valence-corrected chi connectivity index (χ3v) is 5.97. The molecule has 0 saturated carbocycles. The molecular formula is C29H29N3O4. The Labute approximate surface area is 211 Å². The summed E-state index contributed by atoms with van der Waals surface area (Å²) in [5.41, 5.74) is 12.3. The normalized spacial score (nSPS) is 23.4. The molecule has 0 spiro atoms. The molecule has 0 aromatic heterocycles. The molecule has 0 radical (unpaired) electrons. The van der Waals surface area contributed by atoms with Gasteiger partial charge in [0, 0.05) is 4.91 Å². The van der Waals surface area contributed by atoms with Crippen molar-refractivity contribution in [3.63, 3.8) is 0 Å². The van der Waals surface area contributed by atoms with Gasteiger partial charge < -0.3 is 18.9 Å². The molecule has 3 aromatic carbocycles. The minimum atomic E-state index is -0.774. The van der Waals surface area contributed by atoms with Gasteiger partial charge in [-0.1, -0.05) is 102 Å². The fourth-order valence-electron chi connectivity index (χ4n) is 4.18. The standard InChI is InChI=1S/C29H29N3O4/c1-2-25-27(31-32-30)29(35-20-24-16-10-5-11-17-24)28(34-19-23-14-8-4-9-15-23)26(36-25)21-33-18-22-12-6-3-7-13-22/h1,3-17,25-29H,18-21H2/t25-,26?,27?,28+,29-/m0/s1. The summed E-state index contributed by atoms with van der Waals surface area (Å²) >= 11 is 0. The number of hydrogen-bond donors (Lipinski definition) is 0. The number of benzene rings is 3. The van der Waals surface area contributed by atoms with Gasteiger partial charge in [0.05, 0.1) is 32.5 Å². The number of ether oxygens (including phenoxy) is 4. The van der Waals surface area contributed by atoms with Crippen molar-refractivity contribution in [1.82, 2.24) is 0 Å². The summed E-state index contributed by atoms with van der Waals surface area (Å²) in [5, 5.41) is 3.96. The zero-order valence-corrected chi connectivity index (χ0v) is 19.9. The molecule has 1 fully saturated rings. The SMILES string of the molecule is C#C[C@@H]1OC(COCc2ccccc2)[C@@H](OCc2ccccc2)[C@@H](OCc2ccccc2)C1N=[N+]=[N-]. The van der Waals surface area contributed by atoms with E-state index in [1.807, 2.05) is 91.0 Å². The van der Waals surface area contributed by atoms with Crippen LogP contribution in [-0.2, 0) is 38.8 Å². The van der Waals surface area contributed by atoms with E-state index in [1.54, 1.807) is 0 Å². The van der Waals surface area contributed by atoms with E-state index >= 15 is 0 Å². The number of nitrogens with zero attached hydrogens (tertiary/aromatic N) is 3. The Morgan fingerprint density at radius 1 is 0.778 bits per heavy atom. The Morgan fingerprint density at radius 2 is 1.28 bits per heavy atom. The molecular weight excluding hydrogens is 454 g/mol. The van der Waals surface area contributed by atoms with Crippen molar-refractivity contribution in [2.45, 2.75) is 50.3 Å². The van der Waals surface area contributed by atoms with Crippen molar-refractivity contribution in [2.75, 3.05) is 6.61 Å². The molecule has 2 unspecified atom stereocenters. The first kappa shape index (κ1) is 25.5. The van der Waals surface area contributed by atoms with Crippen LogP contribution in [-0.4, -0.2) is 37.1 Å². The Morgan fingerprint density at radius 3 is 1.78 bits per heavy atom. The molecule has 1 heterocycles. The number of hydrogen-bond acceptors (Lipinski definition) is 5. The summed E-state index contributed by atoms with van der Waals surface area (Å²) in [6.07, 6.45) is 3.28. The maximum Gasteiger partial charge on any atom is 0.129 e. The Bertz CT molecular complexity index is 1150. The average Bonchev–Trinajstić information content (AvgIpc) is 2.93. The van der Waals surface area contributed by atoms with E-state index in [0.29, 0.717) is 19.8 Å². The Hall–Kier alpha value is -3.63. The van der Waals surface area contributed by atoms with E-state index in [1.165, 1.54) is 0 Å². The van der Waals surface area contributed by atoms with Crippen LogP contribution in [0.3, 0.4) is 0 Å². The third-order valence-electron chi connectivity index (χ3n) is 5.97. The molecule has 1 aliphatic rings. The number of terminal acetylenes is 1. The van der Waals surface area contributed by atoms with E-state index in [4.69, 9.17) is 25.4 Å². The van der Waals surface area contributed by atoms with E-state index < -0.39 is 30.5 Å². The zero-order chi connectivity index (χ0) is 25.0. The molecule has 1 saturated heterocycles. The lowest BCUT2D eigenvalue weighted by molar-refractivity contribution is -0.217. The highest BCUT2D eigenvalue weighted by atomic mass is 16.6. The molecule has 4 rings (SSSR count). The van der Waals surface area contributed by atoms with Gasteiger partial charge in [0.2, 0.25) is 0 Å². The van der Waals surface area contributed by atoms with Gasteiger partial charge in [-0.15, -0.1) is 6.42 Å². The van der Waals surface area contributed by atoms with Crippen LogP contribution in [0.2, 0.25) is 0 Å². The van der Waals surface area contributed by atoms with Crippen molar-refractivity contribution in [3.8, 4) is 12.3 Å². The summed E-state index contributed by atoms with van der Waals surface area (Å²) in [6, 6.07) is 28.8. The first-order chi connectivity index (χ1) is 17.8. The van der Waals surface area contributed by atoms with Crippen LogP contribution < -0.4 is 0 Å². The van der Waals surface area contributed by atoms with Crippen LogP contribution in [0, 0.1) is 12.3 Å². The van der Waals surface area contributed by atoms with Gasteiger partial charge in [-0.3, -0.25) is 0 Å². The van der Waals surface area contributed by atoms with Crippen LogP contribution in [0.15, 0.2) is 96.1 Å². The van der Waals surface area contributed by atoms with Gasteiger partial charge in [0.25, 0.3) is 0 Å². The molecule has 7 nitrogen and oxygen atoms in total. The third kappa shape index (κ3) is 6.96. The van der Waals surface area contributed by atoms with Crippen LogP contribution in [0.5, 0.6) is 0 Å². The quantitative estimate of drug-likeness (QED) is 0.157. The van der Waals surface area contributed by atoms with Crippen molar-refractivity contribution >= 4 is 0 Å². The molecule has 0 aliphatic carbocycles. The lowest BCUT2D eigenvalue weighted by atomic mass is 9.93. The Kier molecular flexibility index (Phi) is 9.52. The Balaban J connectivity index is 1.56. The largest absolute Gasteiger partial charge is 0.374 e. The van der Waals surface area contributed by atoms with Crippen LogP contribution >= 0.6 is 0 Å². The van der Waals surface area contributed by atoms with Crippen LogP contribution in [0.25, 0.3) is 10.4 Å². The van der Waals surface area contributed by atoms with Gasteiger partial charge in [-0.25, -0.2) is 0 Å². The van der Waals surface area contributed by atoms with Gasteiger partial charge in [0.15, 0.2) is 0 Å². The van der Waals surface area contributed by atoms with Crippen molar-refractivity contribution in [3.05, 3.63) is 118 Å². The molecule has 1 aliphatic heterocycles. The predicted molar refractivity (Wildman–Crippen MR) is 137 cm³/mol. The van der Waals surface area contributed by atoms with E-state index in [2.05, 4.69) is 15.9 Å². The smallest absolute Gasteiger partial charge is 0.129 e. The predicted octanol–water partition coefficient (Wildman–Crippen LogP) is 5.45. The second kappa shape index (κ2) is 13.5. The first-order valence-electron chi connectivity index (χ1n) is 11.9. The fourth-order valence-corrected chi connectivity index (χ4v) is 4.18. The second-order valence-corrected chi connectivity index (χ2v) is 8.48. The lowest BCUT2D eigenvalue weighted by Gasteiger charge is -2.43. The van der Waals surface area contributed by atoms with Gasteiger partial charge in [-0.05, 0) is 22.2 Å². The molecule has 5 atom stereocenters. The summed E-state index contributed by atoms with van der Waals surface area (Å²) in [4.78, 5) is 3.03. The number of azide groups is 1. The highest BCUT2D eigenvalue weighted by Gasteiger charge is 2.46. The molecule has 0 bridgehead atoms. The average molecular weight is 484 g/mol. The summed E-state index contributed by atoms with van der Waals surface area (Å²) in [7, 11) is 0. The fraction of sp³-hybridized carbons (Fsp3) is 0.310. The second-order valence-electron chi connectivity index (χ2n) is 8.48. The molecule has 0 amide bonds. The highest BCUT2D eigenvalue weighted by Crippen LogP contribution is 2.30. The summed E-state index contributed by atoms with van der Waals surface area (Å²) in [5.74, 6) is 2.62. The van der Waals surface area contributed by atoms with Gasteiger partial charge in [-0.2, -0.15) is 0 Å². The summed E-state index contributed by atoms with van der Waals surface area (Å²) < 4.78 is 24.9. The topological polar surface area (TPSA) is 85.7 Å². The van der Waals surface area contributed by atoms with Gasteiger partial charge in [0.1, 0.15) is 24.4 Å².